The van der Waals surface area contributed by atoms with Crippen molar-refractivity contribution in [3.63, 3.8) is 0 Å². The van der Waals surface area contributed by atoms with Crippen molar-refractivity contribution in [2.75, 3.05) is 7.11 Å². The van der Waals surface area contributed by atoms with Crippen LogP contribution in [0.4, 0.5) is 4.39 Å². The highest BCUT2D eigenvalue weighted by Crippen LogP contribution is 2.39. The molecule has 0 aromatic heterocycles. The summed E-state index contributed by atoms with van der Waals surface area (Å²) in [5.74, 6) is -1.17. The second-order valence-electron chi connectivity index (χ2n) is 2.81. The van der Waals surface area contributed by atoms with E-state index < -0.39 is 11.9 Å². The fourth-order valence-corrected chi connectivity index (χ4v) is 1.41. The average molecular weight is 221 g/mol. The highest BCUT2D eigenvalue weighted by atomic mass is 35.5. The predicted octanol–water partition coefficient (Wildman–Crippen LogP) is 2.25. The Kier molecular flexibility index (Phi) is 3.18. The van der Waals surface area contributed by atoms with Gasteiger partial charge in [0.1, 0.15) is 0 Å². The van der Waals surface area contributed by atoms with E-state index in [0.717, 1.165) is 6.07 Å². The third-order valence-corrected chi connectivity index (χ3v) is 2.08. The van der Waals surface area contributed by atoms with E-state index in [1.54, 1.807) is 0 Å². The number of benzene rings is 1. The summed E-state index contributed by atoms with van der Waals surface area (Å²) in [6.07, 6.45) is -1.10. The van der Waals surface area contributed by atoms with Crippen LogP contribution >= 0.6 is 11.6 Å². The van der Waals surface area contributed by atoms with Gasteiger partial charge in [0.05, 0.1) is 23.8 Å². The van der Waals surface area contributed by atoms with Gasteiger partial charge in [0.25, 0.3) is 0 Å². The molecule has 0 spiro atoms. The Morgan fingerprint density at radius 2 is 2.14 bits per heavy atom. The van der Waals surface area contributed by atoms with E-state index in [-0.39, 0.29) is 22.1 Å². The van der Waals surface area contributed by atoms with Gasteiger partial charge in [-0.25, -0.2) is 4.39 Å². The molecule has 1 rings (SSSR count). The second-order valence-corrected chi connectivity index (χ2v) is 3.22. The molecular weight excluding hydrogens is 211 g/mol. The Morgan fingerprint density at radius 1 is 1.57 bits per heavy atom. The predicted molar refractivity (Wildman–Crippen MR) is 50.3 cm³/mol. The number of methoxy groups -OCH3 is 1. The van der Waals surface area contributed by atoms with Gasteiger partial charge >= 0.3 is 0 Å². The molecule has 3 nitrogen and oxygen atoms in total. The minimum atomic E-state index is -1.10. The lowest BCUT2D eigenvalue weighted by Crippen LogP contribution is -2.01. The molecule has 78 valence electrons. The zero-order valence-corrected chi connectivity index (χ0v) is 8.47. The summed E-state index contributed by atoms with van der Waals surface area (Å²) >= 11 is 5.49. The summed E-state index contributed by atoms with van der Waals surface area (Å²) in [5.41, 5.74) is -0.141. The van der Waals surface area contributed by atoms with Crippen LogP contribution in [-0.2, 0) is 0 Å². The highest BCUT2D eigenvalue weighted by Gasteiger charge is 2.21. The van der Waals surface area contributed by atoms with Crippen molar-refractivity contribution in [2.45, 2.75) is 13.0 Å². The molecule has 1 aromatic rings. The van der Waals surface area contributed by atoms with Crippen LogP contribution in [0.1, 0.15) is 18.6 Å². The molecule has 0 amide bonds. The quantitative estimate of drug-likeness (QED) is 0.804. The van der Waals surface area contributed by atoms with Gasteiger partial charge in [0, 0.05) is 6.07 Å². The summed E-state index contributed by atoms with van der Waals surface area (Å²) < 4.78 is 18.2. The van der Waals surface area contributed by atoms with Crippen LogP contribution in [0, 0.1) is 5.82 Å². The van der Waals surface area contributed by atoms with E-state index in [2.05, 4.69) is 0 Å². The number of aliphatic hydroxyl groups excluding tert-OH is 1. The Hall–Kier alpha value is -1.00. The van der Waals surface area contributed by atoms with Crippen LogP contribution in [0.5, 0.6) is 11.5 Å². The van der Waals surface area contributed by atoms with Crippen molar-refractivity contribution in [3.8, 4) is 11.5 Å². The maximum atomic E-state index is 13.4. The third kappa shape index (κ3) is 1.76. The van der Waals surface area contributed by atoms with E-state index in [1.165, 1.54) is 14.0 Å². The third-order valence-electron chi connectivity index (χ3n) is 1.81. The van der Waals surface area contributed by atoms with Gasteiger partial charge in [-0.3, -0.25) is 0 Å². The Labute approximate surface area is 85.7 Å². The molecule has 0 fully saturated rings. The van der Waals surface area contributed by atoms with Crippen molar-refractivity contribution < 1.29 is 19.3 Å². The van der Waals surface area contributed by atoms with Gasteiger partial charge in [-0.15, -0.1) is 0 Å². The van der Waals surface area contributed by atoms with Crippen molar-refractivity contribution in [1.29, 1.82) is 0 Å². The number of rotatable bonds is 2. The molecule has 0 radical (unpaired) electrons. The molecule has 0 saturated carbocycles. The van der Waals surface area contributed by atoms with Crippen LogP contribution in [0.15, 0.2) is 6.07 Å². The number of halogens is 2. The Bertz CT molecular complexity index is 352. The lowest BCUT2D eigenvalue weighted by atomic mass is 10.1. The molecule has 0 aliphatic heterocycles. The van der Waals surface area contributed by atoms with Crippen LogP contribution < -0.4 is 4.74 Å². The number of hydrogen-bond donors (Lipinski definition) is 2. The first-order valence-corrected chi connectivity index (χ1v) is 4.29. The molecular formula is C9H10ClFO3. The molecule has 0 heterocycles. The van der Waals surface area contributed by atoms with E-state index >= 15 is 0 Å². The fraction of sp³-hybridized carbons (Fsp3) is 0.333. The van der Waals surface area contributed by atoms with E-state index in [1.807, 2.05) is 0 Å². The smallest absolute Gasteiger partial charge is 0.169 e. The van der Waals surface area contributed by atoms with Crippen LogP contribution in [-0.4, -0.2) is 17.3 Å². The topological polar surface area (TPSA) is 49.7 Å². The highest BCUT2D eigenvalue weighted by molar-refractivity contribution is 6.31. The summed E-state index contributed by atoms with van der Waals surface area (Å²) in [6.45, 7) is 1.36. The minimum absolute atomic E-state index is 0.0955. The van der Waals surface area contributed by atoms with Crippen molar-refractivity contribution in [2.24, 2.45) is 0 Å². The molecule has 0 aliphatic rings. The first-order valence-electron chi connectivity index (χ1n) is 3.92. The van der Waals surface area contributed by atoms with Crippen LogP contribution in [0.3, 0.4) is 0 Å². The summed E-state index contributed by atoms with van der Waals surface area (Å²) in [5, 5.41) is 18.4. The number of hydrogen-bond acceptors (Lipinski definition) is 3. The monoisotopic (exact) mass is 220 g/mol. The number of phenols is 1. The maximum absolute atomic E-state index is 13.4. The maximum Gasteiger partial charge on any atom is 0.169 e. The number of ether oxygens (including phenoxy) is 1. The average Bonchev–Trinajstić information content (AvgIpc) is 2.10. The molecule has 5 heteroatoms. The van der Waals surface area contributed by atoms with E-state index in [0.29, 0.717) is 0 Å². The Morgan fingerprint density at radius 3 is 2.57 bits per heavy atom. The van der Waals surface area contributed by atoms with Crippen LogP contribution in [0.2, 0.25) is 5.02 Å². The van der Waals surface area contributed by atoms with Gasteiger partial charge in [-0.1, -0.05) is 11.6 Å². The summed E-state index contributed by atoms with van der Waals surface area (Å²) in [4.78, 5) is 0. The number of aromatic hydroxyl groups is 1. The first-order chi connectivity index (χ1) is 6.49. The zero-order chi connectivity index (χ0) is 10.9. The number of aliphatic hydroxyl groups is 1. The van der Waals surface area contributed by atoms with Crippen LogP contribution in [0.25, 0.3) is 0 Å². The van der Waals surface area contributed by atoms with Crippen molar-refractivity contribution in [3.05, 3.63) is 22.5 Å². The van der Waals surface area contributed by atoms with Gasteiger partial charge in [-0.2, -0.15) is 0 Å². The summed E-state index contributed by atoms with van der Waals surface area (Å²) in [7, 11) is 1.27. The first kappa shape index (κ1) is 11.1. The lowest BCUT2D eigenvalue weighted by Gasteiger charge is -2.14. The molecule has 2 N–H and O–H groups in total. The molecule has 1 unspecified atom stereocenters. The van der Waals surface area contributed by atoms with E-state index in [9.17, 15) is 14.6 Å². The normalized spacial score (nSPS) is 12.6. The molecule has 14 heavy (non-hydrogen) atoms. The van der Waals surface area contributed by atoms with Crippen molar-refractivity contribution >= 4 is 11.6 Å². The molecule has 0 aliphatic carbocycles. The second kappa shape index (κ2) is 4.02. The molecule has 1 atom stereocenters. The van der Waals surface area contributed by atoms with Gasteiger partial charge in [0.2, 0.25) is 0 Å². The summed E-state index contributed by atoms with van der Waals surface area (Å²) in [6, 6.07) is 1.03. The zero-order valence-electron chi connectivity index (χ0n) is 7.71. The fourth-order valence-electron chi connectivity index (χ4n) is 1.20. The van der Waals surface area contributed by atoms with E-state index in [4.69, 9.17) is 16.3 Å². The molecule has 0 bridgehead atoms. The largest absolute Gasteiger partial charge is 0.504 e. The molecule has 0 saturated heterocycles. The van der Waals surface area contributed by atoms with Crippen molar-refractivity contribution in [1.82, 2.24) is 0 Å². The van der Waals surface area contributed by atoms with Gasteiger partial charge < -0.3 is 14.9 Å². The molecule has 1 aromatic carbocycles. The Balaban J connectivity index is 3.48. The minimum Gasteiger partial charge on any atom is -0.504 e. The van der Waals surface area contributed by atoms with Gasteiger partial charge in [-0.05, 0) is 6.92 Å². The number of phenolic OH excluding ortho intramolecular Hbond substituents is 1. The lowest BCUT2D eigenvalue weighted by molar-refractivity contribution is 0.187. The van der Waals surface area contributed by atoms with Gasteiger partial charge in [0.15, 0.2) is 17.3 Å². The standard InChI is InChI=1S/C9H10ClFO3/c1-4(12)7-8(11)5(10)3-6(13)9(7)14-2/h3-4,12-13H,1-2H3. The SMILES string of the molecule is COc1c(O)cc(Cl)c(F)c1C(C)O.